The van der Waals surface area contributed by atoms with Crippen LogP contribution < -0.4 is 5.32 Å². The van der Waals surface area contributed by atoms with Gasteiger partial charge in [-0.05, 0) is 84.9 Å². The van der Waals surface area contributed by atoms with Crippen LogP contribution >= 0.6 is 15.9 Å². The third-order valence-electron chi connectivity index (χ3n) is 5.40. The maximum absolute atomic E-state index is 13.6. The van der Waals surface area contributed by atoms with Crippen LogP contribution in [0.3, 0.4) is 0 Å². The summed E-state index contributed by atoms with van der Waals surface area (Å²) in [7, 11) is 0. The molecule has 0 saturated heterocycles. The zero-order chi connectivity index (χ0) is 18.3. The molecule has 2 aromatic carbocycles. The smallest absolute Gasteiger partial charge is 0.251 e. The average Bonchev–Trinajstić information content (AvgIpc) is 3.54. The lowest BCUT2D eigenvalue weighted by Gasteiger charge is -2.20. The van der Waals surface area contributed by atoms with Gasteiger partial charge in [0, 0.05) is 10.9 Å². The highest BCUT2D eigenvalue weighted by molar-refractivity contribution is 9.08. The summed E-state index contributed by atoms with van der Waals surface area (Å²) in [5, 5.41) is 3.97. The van der Waals surface area contributed by atoms with Crippen LogP contribution in [0.15, 0.2) is 36.4 Å². The summed E-state index contributed by atoms with van der Waals surface area (Å²) in [5.74, 6) is 0.827. The van der Waals surface area contributed by atoms with E-state index in [-0.39, 0.29) is 17.8 Å². The largest absolute Gasteiger partial charge is 0.345 e. The van der Waals surface area contributed by atoms with Crippen molar-refractivity contribution in [3.8, 4) is 0 Å². The van der Waals surface area contributed by atoms with Crippen LogP contribution in [0, 0.1) is 18.7 Å². The Balaban J connectivity index is 1.59. The first-order valence-electron chi connectivity index (χ1n) is 9.32. The first-order chi connectivity index (χ1) is 12.5. The lowest BCUT2D eigenvalue weighted by Crippen LogP contribution is -2.30. The molecule has 2 aliphatic rings. The Morgan fingerprint density at radius 3 is 2.58 bits per heavy atom. The van der Waals surface area contributed by atoms with E-state index in [1.807, 2.05) is 18.2 Å². The molecule has 26 heavy (non-hydrogen) atoms. The standard InChI is InChI=1S/C22H23BrFNO/c1-13-8-17(6-7-20(13)24)21(16-4-5-16)25-22(26)19-10-14(12-23)9-18(11-19)15-2-3-15/h6-11,15-16,21H,2-5,12H2,1H3,(H,25,26). The number of hydrogen-bond donors (Lipinski definition) is 1. The molecule has 0 spiro atoms. The van der Waals surface area contributed by atoms with Gasteiger partial charge >= 0.3 is 0 Å². The fraction of sp³-hybridized carbons (Fsp3) is 0.409. The summed E-state index contributed by atoms with van der Waals surface area (Å²) in [6.07, 6.45) is 4.64. The van der Waals surface area contributed by atoms with E-state index in [0.717, 1.165) is 34.9 Å². The molecular weight excluding hydrogens is 393 g/mol. The van der Waals surface area contributed by atoms with Gasteiger partial charge in [0.25, 0.3) is 5.91 Å². The van der Waals surface area contributed by atoms with Crippen molar-refractivity contribution in [3.63, 3.8) is 0 Å². The van der Waals surface area contributed by atoms with Crippen LogP contribution in [0.2, 0.25) is 0 Å². The van der Waals surface area contributed by atoms with Crippen LogP contribution in [0.25, 0.3) is 0 Å². The second-order valence-electron chi connectivity index (χ2n) is 7.67. The Labute approximate surface area is 162 Å². The first kappa shape index (κ1) is 17.7. The van der Waals surface area contributed by atoms with Crippen molar-refractivity contribution in [3.05, 3.63) is 70.0 Å². The number of hydrogen-bond acceptors (Lipinski definition) is 1. The zero-order valence-electron chi connectivity index (χ0n) is 14.9. The van der Waals surface area contributed by atoms with Crippen molar-refractivity contribution in [1.29, 1.82) is 0 Å². The maximum Gasteiger partial charge on any atom is 0.251 e. The molecule has 0 bridgehead atoms. The predicted octanol–water partition coefficient (Wildman–Crippen LogP) is 5.79. The van der Waals surface area contributed by atoms with E-state index in [1.165, 1.54) is 24.5 Å². The Morgan fingerprint density at radius 2 is 1.96 bits per heavy atom. The molecule has 1 N–H and O–H groups in total. The summed E-state index contributed by atoms with van der Waals surface area (Å²) < 4.78 is 13.6. The summed E-state index contributed by atoms with van der Waals surface area (Å²) in [6, 6.07) is 11.3. The fourth-order valence-corrected chi connectivity index (χ4v) is 3.89. The molecule has 2 nitrogen and oxygen atoms in total. The van der Waals surface area contributed by atoms with E-state index in [1.54, 1.807) is 13.0 Å². The highest BCUT2D eigenvalue weighted by atomic mass is 79.9. The molecule has 2 aromatic rings. The van der Waals surface area contributed by atoms with E-state index in [9.17, 15) is 9.18 Å². The maximum atomic E-state index is 13.6. The third-order valence-corrected chi connectivity index (χ3v) is 6.05. The highest BCUT2D eigenvalue weighted by Gasteiger charge is 2.34. The van der Waals surface area contributed by atoms with E-state index in [0.29, 0.717) is 17.4 Å². The summed E-state index contributed by atoms with van der Waals surface area (Å²) in [5.41, 5.74) is 4.76. The second kappa shape index (κ2) is 7.15. The van der Waals surface area contributed by atoms with Crippen LogP contribution in [-0.2, 0) is 5.33 Å². The van der Waals surface area contributed by atoms with Crippen molar-refractivity contribution < 1.29 is 9.18 Å². The minimum absolute atomic E-state index is 0.0337. The fourth-order valence-electron chi connectivity index (χ4n) is 3.57. The molecule has 2 aliphatic carbocycles. The van der Waals surface area contributed by atoms with E-state index in [2.05, 4.69) is 27.3 Å². The summed E-state index contributed by atoms with van der Waals surface area (Å²) in [4.78, 5) is 13.0. The Bertz CT molecular complexity index is 842. The first-order valence-corrected chi connectivity index (χ1v) is 10.4. The van der Waals surface area contributed by atoms with Crippen molar-refractivity contribution >= 4 is 21.8 Å². The van der Waals surface area contributed by atoms with Crippen molar-refractivity contribution in [2.75, 3.05) is 0 Å². The number of carbonyl (C=O) groups excluding carboxylic acids is 1. The van der Waals surface area contributed by atoms with Crippen LogP contribution in [0.1, 0.15) is 70.3 Å². The molecule has 0 aromatic heterocycles. The second-order valence-corrected chi connectivity index (χ2v) is 8.23. The zero-order valence-corrected chi connectivity index (χ0v) is 16.5. The van der Waals surface area contributed by atoms with Gasteiger partial charge in [0.1, 0.15) is 5.82 Å². The topological polar surface area (TPSA) is 29.1 Å². The van der Waals surface area contributed by atoms with Gasteiger partial charge in [-0.1, -0.05) is 34.1 Å². The summed E-state index contributed by atoms with van der Waals surface area (Å²) >= 11 is 3.51. The minimum atomic E-state index is -0.200. The van der Waals surface area contributed by atoms with Crippen molar-refractivity contribution in [1.82, 2.24) is 5.32 Å². The number of alkyl halides is 1. The number of carbonyl (C=O) groups is 1. The van der Waals surface area contributed by atoms with Crippen LogP contribution in [0.4, 0.5) is 4.39 Å². The molecule has 4 heteroatoms. The molecule has 0 radical (unpaired) electrons. The van der Waals surface area contributed by atoms with Crippen LogP contribution in [0.5, 0.6) is 0 Å². The quantitative estimate of drug-likeness (QED) is 0.594. The molecule has 1 unspecified atom stereocenters. The average molecular weight is 416 g/mol. The van der Waals surface area contributed by atoms with Crippen LogP contribution in [-0.4, -0.2) is 5.91 Å². The van der Waals surface area contributed by atoms with E-state index >= 15 is 0 Å². The Kier molecular flexibility index (Phi) is 4.87. The third kappa shape index (κ3) is 3.85. The number of amides is 1. The van der Waals surface area contributed by atoms with Crippen molar-refractivity contribution in [2.24, 2.45) is 5.92 Å². The normalized spacial score (nSPS) is 17.8. The number of rotatable bonds is 6. The molecule has 4 rings (SSSR count). The molecule has 136 valence electrons. The monoisotopic (exact) mass is 415 g/mol. The number of halogens is 2. The molecule has 1 atom stereocenters. The Hall–Kier alpha value is -1.68. The predicted molar refractivity (Wildman–Crippen MR) is 105 cm³/mol. The van der Waals surface area contributed by atoms with Gasteiger partial charge in [-0.2, -0.15) is 0 Å². The van der Waals surface area contributed by atoms with E-state index < -0.39 is 0 Å². The van der Waals surface area contributed by atoms with Gasteiger partial charge in [0.05, 0.1) is 6.04 Å². The SMILES string of the molecule is Cc1cc(C(NC(=O)c2cc(CBr)cc(C3CC3)c2)C2CC2)ccc1F. The number of nitrogens with one attached hydrogen (secondary N) is 1. The molecule has 2 fully saturated rings. The van der Waals surface area contributed by atoms with Gasteiger partial charge in [0.15, 0.2) is 0 Å². The highest BCUT2D eigenvalue weighted by Crippen LogP contribution is 2.42. The molecule has 0 heterocycles. The van der Waals surface area contributed by atoms with E-state index in [4.69, 9.17) is 0 Å². The van der Waals surface area contributed by atoms with Gasteiger partial charge in [-0.25, -0.2) is 4.39 Å². The number of aryl methyl sites for hydroxylation is 1. The lowest BCUT2D eigenvalue weighted by molar-refractivity contribution is 0.0931. The molecule has 1 amide bonds. The summed E-state index contributed by atoms with van der Waals surface area (Å²) in [6.45, 7) is 1.77. The van der Waals surface area contributed by atoms with Gasteiger partial charge < -0.3 is 5.32 Å². The van der Waals surface area contributed by atoms with Gasteiger partial charge in [-0.3, -0.25) is 4.79 Å². The number of benzene rings is 2. The van der Waals surface area contributed by atoms with Gasteiger partial charge in [0.2, 0.25) is 0 Å². The Morgan fingerprint density at radius 1 is 1.19 bits per heavy atom. The molecular formula is C22H23BrFNO. The molecule has 0 aliphatic heterocycles. The lowest BCUT2D eigenvalue weighted by atomic mass is 9.98. The molecule has 2 saturated carbocycles. The van der Waals surface area contributed by atoms with Gasteiger partial charge in [-0.15, -0.1) is 0 Å². The van der Waals surface area contributed by atoms with Crippen molar-refractivity contribution in [2.45, 2.75) is 49.9 Å². The minimum Gasteiger partial charge on any atom is -0.345 e.